The fraction of sp³-hybridized carbons (Fsp3) is 0.500. The molecule has 1 fully saturated rings. The Morgan fingerprint density at radius 2 is 1.94 bits per heavy atom. The minimum atomic E-state index is -3.51. The van der Waals surface area contributed by atoms with Crippen LogP contribution in [0.15, 0.2) is 24.3 Å². The Bertz CT molecular complexity index is 522. The Kier molecular flexibility index (Phi) is 3.69. The van der Waals surface area contributed by atoms with Crippen LogP contribution in [0.5, 0.6) is 0 Å². The van der Waals surface area contributed by atoms with Crippen LogP contribution >= 0.6 is 10.7 Å². The quantitative estimate of drug-likeness (QED) is 0.803. The number of ether oxygens (including phenoxy) is 2. The van der Waals surface area contributed by atoms with E-state index in [0.29, 0.717) is 12.2 Å². The first kappa shape index (κ1) is 13.8. The predicted molar refractivity (Wildman–Crippen MR) is 68.8 cm³/mol. The van der Waals surface area contributed by atoms with Gasteiger partial charge in [-0.15, -0.1) is 0 Å². The average Bonchev–Trinajstić information content (AvgIpc) is 2.57. The highest BCUT2D eigenvalue weighted by molar-refractivity contribution is 8.13. The monoisotopic (exact) mass is 290 g/mol. The standard InChI is InChI=1S/C12H15ClO4S/c1-12(2)16-7-11(17-12)10-5-3-9(4-6-10)8-18(13,14)15/h3-6,11H,7-8H2,1-2H3. The summed E-state index contributed by atoms with van der Waals surface area (Å²) in [6.45, 7) is 4.23. The number of benzene rings is 1. The van der Waals surface area contributed by atoms with Crippen LogP contribution in [-0.2, 0) is 24.3 Å². The highest BCUT2D eigenvalue weighted by Gasteiger charge is 2.33. The van der Waals surface area contributed by atoms with Crippen LogP contribution < -0.4 is 0 Å². The second-order valence-electron chi connectivity index (χ2n) is 4.74. The Morgan fingerprint density at radius 1 is 1.33 bits per heavy atom. The second-order valence-corrected chi connectivity index (χ2v) is 7.52. The summed E-state index contributed by atoms with van der Waals surface area (Å²) < 4.78 is 33.1. The molecule has 2 rings (SSSR count). The van der Waals surface area contributed by atoms with Gasteiger partial charge in [-0.3, -0.25) is 0 Å². The van der Waals surface area contributed by atoms with Crippen LogP contribution in [0.3, 0.4) is 0 Å². The zero-order valence-electron chi connectivity index (χ0n) is 10.2. The molecule has 1 atom stereocenters. The maximum Gasteiger partial charge on any atom is 0.236 e. The van der Waals surface area contributed by atoms with E-state index in [4.69, 9.17) is 20.2 Å². The van der Waals surface area contributed by atoms with Gasteiger partial charge in [-0.05, 0) is 25.0 Å². The smallest absolute Gasteiger partial charge is 0.236 e. The molecule has 0 aliphatic carbocycles. The molecule has 1 saturated heterocycles. The summed E-state index contributed by atoms with van der Waals surface area (Å²) in [6, 6.07) is 7.16. The van der Waals surface area contributed by atoms with E-state index >= 15 is 0 Å². The zero-order valence-corrected chi connectivity index (χ0v) is 11.8. The molecule has 0 saturated carbocycles. The van der Waals surface area contributed by atoms with Gasteiger partial charge in [-0.2, -0.15) is 0 Å². The summed E-state index contributed by atoms with van der Waals surface area (Å²) in [4.78, 5) is 0. The van der Waals surface area contributed by atoms with Crippen molar-refractivity contribution in [3.8, 4) is 0 Å². The van der Waals surface area contributed by atoms with E-state index < -0.39 is 14.8 Å². The summed E-state index contributed by atoms with van der Waals surface area (Å²) in [5.41, 5.74) is 1.63. The summed E-state index contributed by atoms with van der Waals surface area (Å²) in [5, 5.41) is 0. The highest BCUT2D eigenvalue weighted by Crippen LogP contribution is 2.32. The molecule has 0 bridgehead atoms. The van der Waals surface area contributed by atoms with E-state index in [2.05, 4.69) is 0 Å². The number of halogens is 1. The van der Waals surface area contributed by atoms with Crippen LogP contribution in [0.25, 0.3) is 0 Å². The van der Waals surface area contributed by atoms with E-state index in [1.54, 1.807) is 12.1 Å². The van der Waals surface area contributed by atoms with Gasteiger partial charge in [0.25, 0.3) is 0 Å². The molecule has 1 unspecified atom stereocenters. The Balaban J connectivity index is 2.09. The first-order valence-corrected chi connectivity index (χ1v) is 8.06. The van der Waals surface area contributed by atoms with E-state index in [1.165, 1.54) is 0 Å². The Labute approximate surface area is 111 Å². The van der Waals surface area contributed by atoms with Crippen molar-refractivity contribution >= 4 is 19.7 Å². The molecule has 1 aliphatic heterocycles. The highest BCUT2D eigenvalue weighted by atomic mass is 35.7. The first-order chi connectivity index (χ1) is 8.25. The largest absolute Gasteiger partial charge is 0.347 e. The van der Waals surface area contributed by atoms with Gasteiger partial charge in [0.2, 0.25) is 9.05 Å². The van der Waals surface area contributed by atoms with Crippen molar-refractivity contribution in [2.24, 2.45) is 0 Å². The molecular weight excluding hydrogens is 276 g/mol. The molecule has 100 valence electrons. The lowest BCUT2D eigenvalue weighted by atomic mass is 10.1. The van der Waals surface area contributed by atoms with Gasteiger partial charge in [0, 0.05) is 10.7 Å². The van der Waals surface area contributed by atoms with Gasteiger partial charge in [0.1, 0.15) is 6.10 Å². The third-order valence-corrected chi connectivity index (χ3v) is 3.70. The van der Waals surface area contributed by atoms with E-state index in [9.17, 15) is 8.42 Å². The average molecular weight is 291 g/mol. The van der Waals surface area contributed by atoms with Crippen molar-refractivity contribution in [2.45, 2.75) is 31.5 Å². The van der Waals surface area contributed by atoms with E-state index in [1.807, 2.05) is 26.0 Å². The number of hydrogen-bond donors (Lipinski definition) is 0. The number of hydrogen-bond acceptors (Lipinski definition) is 4. The Morgan fingerprint density at radius 3 is 2.39 bits per heavy atom. The van der Waals surface area contributed by atoms with Crippen LogP contribution in [-0.4, -0.2) is 20.8 Å². The second kappa shape index (κ2) is 4.81. The molecule has 4 nitrogen and oxygen atoms in total. The maximum atomic E-state index is 10.9. The van der Waals surface area contributed by atoms with E-state index in [-0.39, 0.29) is 11.9 Å². The van der Waals surface area contributed by atoms with Crippen molar-refractivity contribution in [3.05, 3.63) is 35.4 Å². The molecule has 18 heavy (non-hydrogen) atoms. The van der Waals surface area contributed by atoms with E-state index in [0.717, 1.165) is 5.56 Å². The summed E-state index contributed by atoms with van der Waals surface area (Å²) in [7, 11) is 1.69. The van der Waals surface area contributed by atoms with Crippen LogP contribution in [0.1, 0.15) is 31.1 Å². The lowest BCUT2D eigenvalue weighted by Gasteiger charge is -2.17. The lowest BCUT2D eigenvalue weighted by Crippen LogP contribution is -2.19. The third kappa shape index (κ3) is 3.68. The summed E-state index contributed by atoms with van der Waals surface area (Å²) in [5.74, 6) is -0.731. The fourth-order valence-corrected chi connectivity index (χ4v) is 2.85. The molecule has 0 amide bonds. The van der Waals surface area contributed by atoms with Crippen LogP contribution in [0.2, 0.25) is 0 Å². The predicted octanol–water partition coefficient (Wildman–Crippen LogP) is 2.58. The van der Waals surface area contributed by atoms with Gasteiger partial charge in [0.15, 0.2) is 5.79 Å². The van der Waals surface area contributed by atoms with Crippen molar-refractivity contribution in [1.82, 2.24) is 0 Å². The molecular formula is C12H15ClO4S. The maximum absolute atomic E-state index is 10.9. The van der Waals surface area contributed by atoms with Crippen LogP contribution in [0, 0.1) is 0 Å². The van der Waals surface area contributed by atoms with Crippen molar-refractivity contribution in [1.29, 1.82) is 0 Å². The fourth-order valence-electron chi connectivity index (χ4n) is 1.88. The van der Waals surface area contributed by atoms with Crippen molar-refractivity contribution in [3.63, 3.8) is 0 Å². The number of rotatable bonds is 3. The zero-order chi connectivity index (χ0) is 13.4. The van der Waals surface area contributed by atoms with Gasteiger partial charge in [-0.25, -0.2) is 8.42 Å². The Hall–Kier alpha value is -0.620. The molecule has 1 heterocycles. The lowest BCUT2D eigenvalue weighted by molar-refractivity contribution is -0.139. The molecule has 0 N–H and O–H groups in total. The molecule has 0 spiro atoms. The van der Waals surface area contributed by atoms with Crippen molar-refractivity contribution < 1.29 is 17.9 Å². The minimum absolute atomic E-state index is 0.110. The van der Waals surface area contributed by atoms with Gasteiger partial charge in [0.05, 0.1) is 12.4 Å². The minimum Gasteiger partial charge on any atom is -0.347 e. The van der Waals surface area contributed by atoms with Crippen molar-refractivity contribution in [2.75, 3.05) is 6.61 Å². The molecule has 0 aromatic heterocycles. The molecule has 1 aromatic carbocycles. The molecule has 6 heteroatoms. The SMILES string of the molecule is CC1(C)OCC(c2ccc(CS(=O)(=O)Cl)cc2)O1. The van der Waals surface area contributed by atoms with Gasteiger partial charge >= 0.3 is 0 Å². The van der Waals surface area contributed by atoms with Gasteiger partial charge in [-0.1, -0.05) is 24.3 Å². The molecule has 1 aliphatic rings. The first-order valence-electron chi connectivity index (χ1n) is 5.58. The third-order valence-electron chi connectivity index (χ3n) is 2.70. The molecule has 0 radical (unpaired) electrons. The molecule has 1 aromatic rings. The van der Waals surface area contributed by atoms with Gasteiger partial charge < -0.3 is 9.47 Å². The summed E-state index contributed by atoms with van der Waals surface area (Å²) >= 11 is 0. The summed E-state index contributed by atoms with van der Waals surface area (Å²) in [6.07, 6.45) is -0.110. The normalized spacial score (nSPS) is 23.2. The van der Waals surface area contributed by atoms with Crippen LogP contribution in [0.4, 0.5) is 0 Å². The topological polar surface area (TPSA) is 52.6 Å².